The number of nitrogens with one attached hydrogen (secondary N) is 1. The summed E-state index contributed by atoms with van der Waals surface area (Å²) in [4.78, 5) is 26.5. The summed E-state index contributed by atoms with van der Waals surface area (Å²) in [6.45, 7) is 5.58. The van der Waals surface area contributed by atoms with Crippen LogP contribution in [0.3, 0.4) is 0 Å². The monoisotopic (exact) mass is 366 g/mol. The van der Waals surface area contributed by atoms with Crippen LogP contribution in [0.25, 0.3) is 0 Å². The second kappa shape index (κ2) is 8.71. The third-order valence-electron chi connectivity index (χ3n) is 4.62. The summed E-state index contributed by atoms with van der Waals surface area (Å²) >= 11 is 0. The van der Waals surface area contributed by atoms with Gasteiger partial charge in [0.25, 0.3) is 11.8 Å². The van der Waals surface area contributed by atoms with Crippen LogP contribution >= 0.6 is 0 Å². The Morgan fingerprint density at radius 1 is 0.963 bits per heavy atom. The van der Waals surface area contributed by atoms with E-state index in [4.69, 9.17) is 4.74 Å². The van der Waals surface area contributed by atoms with Gasteiger partial charge in [-0.15, -0.1) is 0 Å². The van der Waals surface area contributed by atoms with E-state index in [0.717, 1.165) is 37.1 Å². The number of ether oxygens (including phenoxy) is 1. The van der Waals surface area contributed by atoms with Gasteiger partial charge in [-0.1, -0.05) is 6.07 Å². The van der Waals surface area contributed by atoms with Crippen LogP contribution in [0.5, 0.6) is 5.75 Å². The van der Waals surface area contributed by atoms with Crippen LogP contribution in [-0.4, -0.2) is 36.4 Å². The summed E-state index contributed by atoms with van der Waals surface area (Å²) in [5.74, 6) is 0.514. The van der Waals surface area contributed by atoms with Gasteiger partial charge in [-0.3, -0.25) is 9.59 Å². The SMILES string of the molecule is Cc1cc(C)cc(OCC(=O)Nc2ccc(C(=O)N3CCCCC3)cc2)c1. The van der Waals surface area contributed by atoms with E-state index in [9.17, 15) is 9.59 Å². The molecule has 2 aromatic carbocycles. The third kappa shape index (κ3) is 5.33. The molecule has 0 atom stereocenters. The smallest absolute Gasteiger partial charge is 0.262 e. The summed E-state index contributed by atoms with van der Waals surface area (Å²) in [6, 6.07) is 12.9. The highest BCUT2D eigenvalue weighted by molar-refractivity contribution is 5.96. The molecule has 0 bridgehead atoms. The molecular formula is C22H26N2O3. The number of hydrogen-bond acceptors (Lipinski definition) is 3. The average Bonchev–Trinajstić information content (AvgIpc) is 2.66. The van der Waals surface area contributed by atoms with Gasteiger partial charge in [0.2, 0.25) is 0 Å². The summed E-state index contributed by atoms with van der Waals surface area (Å²) < 4.78 is 5.57. The fourth-order valence-corrected chi connectivity index (χ4v) is 3.34. The van der Waals surface area contributed by atoms with Gasteiger partial charge in [0.1, 0.15) is 5.75 Å². The molecule has 0 unspecified atom stereocenters. The molecule has 0 spiro atoms. The molecule has 1 aliphatic heterocycles. The minimum atomic E-state index is -0.232. The molecule has 142 valence electrons. The fourth-order valence-electron chi connectivity index (χ4n) is 3.34. The second-order valence-corrected chi connectivity index (χ2v) is 7.09. The minimum Gasteiger partial charge on any atom is -0.484 e. The van der Waals surface area contributed by atoms with Crippen LogP contribution in [0.15, 0.2) is 42.5 Å². The maximum atomic E-state index is 12.5. The van der Waals surface area contributed by atoms with E-state index in [1.54, 1.807) is 24.3 Å². The van der Waals surface area contributed by atoms with Crippen LogP contribution in [0, 0.1) is 13.8 Å². The lowest BCUT2D eigenvalue weighted by Gasteiger charge is -2.26. The molecule has 1 heterocycles. The number of piperidine rings is 1. The van der Waals surface area contributed by atoms with Crippen molar-refractivity contribution >= 4 is 17.5 Å². The molecule has 0 aliphatic carbocycles. The van der Waals surface area contributed by atoms with E-state index in [0.29, 0.717) is 17.0 Å². The second-order valence-electron chi connectivity index (χ2n) is 7.09. The van der Waals surface area contributed by atoms with Gasteiger partial charge in [-0.05, 0) is 80.6 Å². The van der Waals surface area contributed by atoms with Crippen molar-refractivity contribution in [3.8, 4) is 5.75 Å². The van der Waals surface area contributed by atoms with Crippen LogP contribution in [0.2, 0.25) is 0 Å². The number of hydrogen-bond donors (Lipinski definition) is 1. The van der Waals surface area contributed by atoms with Crippen LogP contribution in [0.1, 0.15) is 40.7 Å². The van der Waals surface area contributed by atoms with Crippen molar-refractivity contribution in [3.63, 3.8) is 0 Å². The topological polar surface area (TPSA) is 58.6 Å². The van der Waals surface area contributed by atoms with Crippen molar-refractivity contribution in [2.45, 2.75) is 33.1 Å². The summed E-state index contributed by atoms with van der Waals surface area (Å²) in [7, 11) is 0. The molecule has 5 nitrogen and oxygen atoms in total. The van der Waals surface area contributed by atoms with E-state index >= 15 is 0 Å². The number of benzene rings is 2. The van der Waals surface area contributed by atoms with Crippen LogP contribution in [-0.2, 0) is 4.79 Å². The maximum Gasteiger partial charge on any atom is 0.262 e. The molecule has 27 heavy (non-hydrogen) atoms. The molecule has 0 saturated carbocycles. The average molecular weight is 366 g/mol. The van der Waals surface area contributed by atoms with E-state index in [-0.39, 0.29) is 18.4 Å². The summed E-state index contributed by atoms with van der Waals surface area (Å²) in [5, 5.41) is 2.80. The molecular weight excluding hydrogens is 340 g/mol. The number of aryl methyl sites for hydroxylation is 2. The van der Waals surface area contributed by atoms with Gasteiger partial charge in [0, 0.05) is 24.3 Å². The molecule has 3 rings (SSSR count). The fraction of sp³-hybridized carbons (Fsp3) is 0.364. The highest BCUT2D eigenvalue weighted by Gasteiger charge is 2.18. The Bertz CT molecular complexity index is 789. The lowest BCUT2D eigenvalue weighted by atomic mass is 10.1. The van der Waals surface area contributed by atoms with Crippen molar-refractivity contribution in [1.82, 2.24) is 4.90 Å². The van der Waals surface area contributed by atoms with Gasteiger partial charge < -0.3 is 15.0 Å². The molecule has 0 aromatic heterocycles. The van der Waals surface area contributed by atoms with E-state index in [2.05, 4.69) is 11.4 Å². The van der Waals surface area contributed by atoms with Crippen LogP contribution < -0.4 is 10.1 Å². The van der Waals surface area contributed by atoms with Crippen molar-refractivity contribution < 1.29 is 14.3 Å². The zero-order valence-corrected chi connectivity index (χ0v) is 16.0. The Morgan fingerprint density at radius 3 is 2.22 bits per heavy atom. The number of nitrogens with zero attached hydrogens (tertiary/aromatic N) is 1. The molecule has 1 fully saturated rings. The molecule has 1 N–H and O–H groups in total. The van der Waals surface area contributed by atoms with Gasteiger partial charge in [0.05, 0.1) is 0 Å². The Balaban J connectivity index is 1.52. The van der Waals surface area contributed by atoms with Gasteiger partial charge in [-0.2, -0.15) is 0 Å². The molecule has 2 aromatic rings. The van der Waals surface area contributed by atoms with E-state index in [1.165, 1.54) is 6.42 Å². The number of anilines is 1. The first-order chi connectivity index (χ1) is 13.0. The normalized spacial score (nSPS) is 13.9. The van der Waals surface area contributed by atoms with Gasteiger partial charge >= 0.3 is 0 Å². The number of carbonyl (C=O) groups excluding carboxylic acids is 2. The zero-order valence-electron chi connectivity index (χ0n) is 16.0. The number of likely N-dealkylation sites (tertiary alicyclic amines) is 1. The molecule has 2 amide bonds. The Hall–Kier alpha value is -2.82. The first-order valence-corrected chi connectivity index (χ1v) is 9.41. The van der Waals surface area contributed by atoms with Gasteiger partial charge in [-0.25, -0.2) is 0 Å². The van der Waals surface area contributed by atoms with Crippen molar-refractivity contribution in [2.75, 3.05) is 25.0 Å². The number of amides is 2. The standard InChI is InChI=1S/C22H26N2O3/c1-16-12-17(2)14-20(13-16)27-15-21(25)23-19-8-6-18(7-9-19)22(26)24-10-4-3-5-11-24/h6-9,12-14H,3-5,10-11,15H2,1-2H3,(H,23,25). The Kier molecular flexibility index (Phi) is 6.12. The first kappa shape index (κ1) is 19.0. The number of rotatable bonds is 5. The van der Waals surface area contributed by atoms with Crippen LogP contribution in [0.4, 0.5) is 5.69 Å². The summed E-state index contributed by atoms with van der Waals surface area (Å²) in [6.07, 6.45) is 3.33. The molecule has 1 aliphatic rings. The lowest BCUT2D eigenvalue weighted by Crippen LogP contribution is -2.35. The highest BCUT2D eigenvalue weighted by atomic mass is 16.5. The van der Waals surface area contributed by atoms with Crippen molar-refractivity contribution in [2.24, 2.45) is 0 Å². The Labute approximate surface area is 160 Å². The lowest BCUT2D eigenvalue weighted by molar-refractivity contribution is -0.118. The first-order valence-electron chi connectivity index (χ1n) is 9.41. The third-order valence-corrected chi connectivity index (χ3v) is 4.62. The predicted molar refractivity (Wildman–Crippen MR) is 106 cm³/mol. The Morgan fingerprint density at radius 2 is 1.59 bits per heavy atom. The summed E-state index contributed by atoms with van der Waals surface area (Å²) in [5.41, 5.74) is 3.50. The highest BCUT2D eigenvalue weighted by Crippen LogP contribution is 2.17. The minimum absolute atomic E-state index is 0.0582. The molecule has 0 radical (unpaired) electrons. The molecule has 5 heteroatoms. The van der Waals surface area contributed by atoms with Gasteiger partial charge in [0.15, 0.2) is 6.61 Å². The van der Waals surface area contributed by atoms with E-state index < -0.39 is 0 Å². The van der Waals surface area contributed by atoms with E-state index in [1.807, 2.05) is 30.9 Å². The maximum absolute atomic E-state index is 12.5. The predicted octanol–water partition coefficient (Wildman–Crippen LogP) is 3.95. The van der Waals surface area contributed by atoms with Crippen molar-refractivity contribution in [1.29, 1.82) is 0 Å². The largest absolute Gasteiger partial charge is 0.484 e. The number of carbonyl (C=O) groups is 2. The zero-order chi connectivity index (χ0) is 19.2. The molecule has 1 saturated heterocycles. The quantitative estimate of drug-likeness (QED) is 0.872. The van der Waals surface area contributed by atoms with Crippen molar-refractivity contribution in [3.05, 3.63) is 59.2 Å².